The zero-order valence-electron chi connectivity index (χ0n) is 31.8. The van der Waals surface area contributed by atoms with Crippen LogP contribution in [-0.4, -0.2) is 4.98 Å². The Labute approximate surface area is 285 Å². The highest BCUT2D eigenvalue weighted by Crippen LogP contribution is 2.27. The molecule has 1 heterocycles. The second-order valence-electron chi connectivity index (χ2n) is 15.1. The number of nitrogens with zero attached hydrogens (tertiary/aromatic N) is 1. The van der Waals surface area contributed by atoms with Crippen molar-refractivity contribution in [2.45, 2.75) is 258 Å². The molecule has 2 atom stereocenters. The number of H-pyrrole nitrogens is 1. The topological polar surface area (TPSA) is 19.7 Å². The highest BCUT2D eigenvalue weighted by molar-refractivity contribution is 4.90. The number of rotatable bonds is 36. The van der Waals surface area contributed by atoms with Crippen LogP contribution in [0.15, 0.2) is 12.4 Å². The van der Waals surface area contributed by atoms with Gasteiger partial charge >= 0.3 is 0 Å². The predicted octanol–water partition coefficient (Wildman–Crippen LogP) is 15.3. The number of hydrogen-bond donors (Lipinski definition) is 1. The molecule has 0 spiro atoms. The van der Waals surface area contributed by atoms with E-state index in [4.69, 9.17) is 0 Å². The van der Waals surface area contributed by atoms with Gasteiger partial charge in [0.1, 0.15) is 12.4 Å². The maximum absolute atomic E-state index is 3.76. The highest BCUT2D eigenvalue weighted by Gasteiger charge is 2.25. The summed E-state index contributed by atoms with van der Waals surface area (Å²) in [5, 5.41) is 0. The van der Waals surface area contributed by atoms with Crippen LogP contribution in [0.3, 0.4) is 0 Å². The molecule has 0 aliphatic carbocycles. The van der Waals surface area contributed by atoms with E-state index >= 15 is 0 Å². The van der Waals surface area contributed by atoms with Crippen LogP contribution in [0.1, 0.15) is 264 Å². The van der Waals surface area contributed by atoms with Gasteiger partial charge in [0.25, 0.3) is 5.82 Å². The van der Waals surface area contributed by atoms with E-state index in [0.717, 1.165) is 0 Å². The Morgan fingerprint density at radius 3 is 1.04 bits per heavy atom. The summed E-state index contributed by atoms with van der Waals surface area (Å²) in [4.78, 5) is 3.76. The molecule has 1 N–H and O–H groups in total. The normalized spacial score (nSPS) is 13.1. The van der Waals surface area contributed by atoms with Crippen LogP contribution in [0.4, 0.5) is 0 Å². The van der Waals surface area contributed by atoms with Gasteiger partial charge in [-0.2, -0.15) is 0 Å². The molecule has 45 heavy (non-hydrogen) atoms. The van der Waals surface area contributed by atoms with E-state index in [2.05, 4.69) is 49.6 Å². The molecule has 2 unspecified atom stereocenters. The van der Waals surface area contributed by atoms with Gasteiger partial charge in [0, 0.05) is 0 Å². The average Bonchev–Trinajstić information content (AvgIpc) is 3.54. The molecule has 0 fully saturated rings. The first-order chi connectivity index (χ1) is 22.2. The van der Waals surface area contributed by atoms with Gasteiger partial charge in [-0.15, -0.1) is 0 Å². The van der Waals surface area contributed by atoms with Crippen molar-refractivity contribution in [2.75, 3.05) is 0 Å². The molecule has 0 aliphatic heterocycles. The van der Waals surface area contributed by atoms with Crippen LogP contribution in [0.2, 0.25) is 0 Å². The summed E-state index contributed by atoms with van der Waals surface area (Å²) in [6.07, 6.45) is 53.1. The molecule has 0 aromatic carbocycles. The Morgan fingerprint density at radius 2 is 0.711 bits per heavy atom. The van der Waals surface area contributed by atoms with E-state index in [1.807, 2.05) is 0 Å². The van der Waals surface area contributed by atoms with Gasteiger partial charge in [0.05, 0.1) is 12.0 Å². The van der Waals surface area contributed by atoms with Crippen LogP contribution in [0.5, 0.6) is 0 Å². The zero-order valence-corrected chi connectivity index (χ0v) is 31.8. The molecule has 0 saturated heterocycles. The third-order valence-corrected chi connectivity index (χ3v) is 10.6. The smallest absolute Gasteiger partial charge is 0.247 e. The average molecular weight is 630 g/mol. The molecule has 266 valence electrons. The van der Waals surface area contributed by atoms with Crippen LogP contribution < -0.4 is 4.57 Å². The van der Waals surface area contributed by atoms with Crippen molar-refractivity contribution in [1.29, 1.82) is 0 Å². The van der Waals surface area contributed by atoms with Gasteiger partial charge in [0.2, 0.25) is 0 Å². The molecule has 1 aromatic rings. The summed E-state index contributed by atoms with van der Waals surface area (Å²) < 4.78 is 2.64. The second-order valence-corrected chi connectivity index (χ2v) is 15.1. The van der Waals surface area contributed by atoms with Crippen LogP contribution in [0.25, 0.3) is 0 Å². The summed E-state index contributed by atoms with van der Waals surface area (Å²) in [5.41, 5.74) is 0. The summed E-state index contributed by atoms with van der Waals surface area (Å²) >= 11 is 0. The lowest BCUT2D eigenvalue weighted by Gasteiger charge is -2.17. The number of aromatic nitrogens is 2. The van der Waals surface area contributed by atoms with Gasteiger partial charge < -0.3 is 0 Å². The molecule has 0 bridgehead atoms. The maximum atomic E-state index is 3.76. The quantitative estimate of drug-likeness (QED) is 0.0563. The fourth-order valence-corrected chi connectivity index (χ4v) is 7.49. The molecular weight excluding hydrogens is 544 g/mol. The van der Waals surface area contributed by atoms with Crippen LogP contribution >= 0.6 is 0 Å². The fourth-order valence-electron chi connectivity index (χ4n) is 7.49. The van der Waals surface area contributed by atoms with Crippen molar-refractivity contribution in [3.63, 3.8) is 0 Å². The largest absolute Gasteiger partial charge is 0.257 e. The SMILES string of the molecule is CCCCCCCCCCCCCCCCC(CCCCCCCCCCC)c1[nH]cc[n+]1C(C)CCCCCCCCCC. The van der Waals surface area contributed by atoms with Crippen molar-refractivity contribution in [1.82, 2.24) is 4.98 Å². The first kappa shape index (κ1) is 42.2. The Hall–Kier alpha value is -0.790. The van der Waals surface area contributed by atoms with Crippen LogP contribution in [-0.2, 0) is 0 Å². The Kier molecular flexibility index (Phi) is 31.1. The molecule has 2 nitrogen and oxygen atoms in total. The summed E-state index contributed by atoms with van der Waals surface area (Å²) in [6, 6.07) is 0.619. The van der Waals surface area contributed by atoms with E-state index in [-0.39, 0.29) is 0 Å². The van der Waals surface area contributed by atoms with E-state index in [9.17, 15) is 0 Å². The first-order valence-electron chi connectivity index (χ1n) is 21.3. The Bertz CT molecular complexity index is 694. The summed E-state index contributed by atoms with van der Waals surface area (Å²) in [5.74, 6) is 2.25. The van der Waals surface area contributed by atoms with E-state index in [1.54, 1.807) is 0 Å². The van der Waals surface area contributed by atoms with Gasteiger partial charge in [-0.1, -0.05) is 213 Å². The number of aromatic amines is 1. The van der Waals surface area contributed by atoms with Crippen molar-refractivity contribution >= 4 is 0 Å². The van der Waals surface area contributed by atoms with Crippen molar-refractivity contribution in [3.8, 4) is 0 Å². The fraction of sp³-hybridized carbons (Fsp3) is 0.930. The van der Waals surface area contributed by atoms with Crippen molar-refractivity contribution in [2.24, 2.45) is 0 Å². The summed E-state index contributed by atoms with van der Waals surface area (Å²) in [7, 11) is 0. The minimum Gasteiger partial charge on any atom is -0.247 e. The zero-order chi connectivity index (χ0) is 32.5. The third kappa shape index (κ3) is 25.0. The molecule has 0 amide bonds. The number of nitrogens with one attached hydrogen (secondary N) is 1. The third-order valence-electron chi connectivity index (χ3n) is 10.6. The van der Waals surface area contributed by atoms with E-state index in [1.165, 1.54) is 224 Å². The highest BCUT2D eigenvalue weighted by atomic mass is 15.1. The minimum atomic E-state index is 0.619. The van der Waals surface area contributed by atoms with Gasteiger partial charge in [-0.3, -0.25) is 0 Å². The minimum absolute atomic E-state index is 0.619. The Balaban J connectivity index is 2.39. The van der Waals surface area contributed by atoms with Gasteiger partial charge in [-0.05, 0) is 32.6 Å². The molecule has 1 aromatic heterocycles. The lowest BCUT2D eigenvalue weighted by Crippen LogP contribution is -2.41. The summed E-state index contributed by atoms with van der Waals surface area (Å²) in [6.45, 7) is 9.42. The standard InChI is InChI=1S/C43H84N2/c1-5-8-11-14-17-20-21-22-23-24-26-29-32-35-38-42(37-34-31-28-25-18-15-12-9-6-2)43-44-39-40-45(43)41(4)36-33-30-27-19-16-13-10-7-3/h39-42H,5-38H2,1-4H3/p+1. The maximum Gasteiger partial charge on any atom is 0.257 e. The van der Waals surface area contributed by atoms with Crippen molar-refractivity contribution < 1.29 is 4.57 Å². The van der Waals surface area contributed by atoms with E-state index < -0.39 is 0 Å². The molecule has 1 rings (SSSR count). The predicted molar refractivity (Wildman–Crippen MR) is 202 cm³/mol. The monoisotopic (exact) mass is 630 g/mol. The number of unbranched alkanes of at least 4 members (excludes halogenated alkanes) is 28. The molecule has 0 saturated carbocycles. The lowest BCUT2D eigenvalue weighted by atomic mass is 9.92. The van der Waals surface area contributed by atoms with Crippen LogP contribution in [0, 0.1) is 0 Å². The molecule has 0 radical (unpaired) electrons. The van der Waals surface area contributed by atoms with Gasteiger partial charge in [0.15, 0.2) is 0 Å². The lowest BCUT2D eigenvalue weighted by molar-refractivity contribution is -0.727. The Morgan fingerprint density at radius 1 is 0.422 bits per heavy atom. The molecule has 2 heteroatoms. The molecule has 0 aliphatic rings. The second kappa shape index (κ2) is 33.1. The van der Waals surface area contributed by atoms with Gasteiger partial charge in [-0.25, -0.2) is 9.55 Å². The number of hydrogen-bond acceptors (Lipinski definition) is 0. The van der Waals surface area contributed by atoms with E-state index in [0.29, 0.717) is 12.0 Å². The molecular formula is C43H85N2+. The number of imidazole rings is 1. The van der Waals surface area contributed by atoms with Crippen molar-refractivity contribution in [3.05, 3.63) is 18.2 Å². The first-order valence-corrected chi connectivity index (χ1v) is 21.3.